The van der Waals surface area contributed by atoms with Crippen molar-refractivity contribution < 1.29 is 23.7 Å². The van der Waals surface area contributed by atoms with E-state index >= 15 is 0 Å². The molecule has 5 rings (SSSR count). The van der Waals surface area contributed by atoms with E-state index < -0.39 is 4.75 Å². The molecule has 8 nitrogen and oxygen atoms in total. The summed E-state index contributed by atoms with van der Waals surface area (Å²) in [7, 11) is 6.83. The smallest absolute Gasteiger partial charge is 0.248 e. The van der Waals surface area contributed by atoms with Crippen molar-refractivity contribution in [3.05, 3.63) is 71.8 Å². The fraction of sp³-hybridized carbons (Fsp3) is 0.486. The third-order valence-corrected chi connectivity index (χ3v) is 11.0. The van der Waals surface area contributed by atoms with Gasteiger partial charge in [-0.15, -0.1) is 36.6 Å². The minimum Gasteiger partial charge on any atom is -0.493 e. The standard InChI is InChI=1S/C37H49N3O5S.2ClH/c1-27(2)37(36(41)38(3)30-14-8-10-16-34(30)46-37)29-13-7-9-15-31(29)45-24-12-11-18-39-20-22-40(23-21-39)19-17-28-25-32(42-4)35(44-6)33(26-28)43-5;;/h7-10,13-16,25-27H,11-12,17-24H2,1-6H3;2*1H. The highest BCUT2D eigenvalue weighted by atomic mass is 35.5. The predicted molar refractivity (Wildman–Crippen MR) is 201 cm³/mol. The second-order valence-corrected chi connectivity index (χ2v) is 13.6. The molecule has 2 aliphatic rings. The Morgan fingerprint density at radius 2 is 1.40 bits per heavy atom. The lowest BCUT2D eigenvalue weighted by atomic mass is 9.85. The second kappa shape index (κ2) is 18.3. The van der Waals surface area contributed by atoms with Crippen LogP contribution >= 0.6 is 36.6 Å². The van der Waals surface area contributed by atoms with Crippen LogP contribution in [0.25, 0.3) is 0 Å². The van der Waals surface area contributed by atoms with Gasteiger partial charge in [-0.1, -0.05) is 44.2 Å². The number of halogens is 2. The summed E-state index contributed by atoms with van der Waals surface area (Å²) >= 11 is 1.66. The Hall–Kier alpha value is -2.82. The van der Waals surface area contributed by atoms with Crippen molar-refractivity contribution in [1.82, 2.24) is 9.80 Å². The Kier molecular flexibility index (Phi) is 15.1. The fourth-order valence-electron chi connectivity index (χ4n) is 6.56. The molecule has 3 aromatic carbocycles. The summed E-state index contributed by atoms with van der Waals surface area (Å²) in [4.78, 5) is 22.0. The first kappa shape index (κ1) is 39.6. The topological polar surface area (TPSA) is 63.7 Å². The van der Waals surface area contributed by atoms with Gasteiger partial charge in [-0.05, 0) is 67.6 Å². The summed E-state index contributed by atoms with van der Waals surface area (Å²) in [5.74, 6) is 3.02. The number of fused-ring (bicyclic) bond motifs is 1. The van der Waals surface area contributed by atoms with Crippen LogP contribution in [0.5, 0.6) is 23.0 Å². The zero-order valence-electron chi connectivity index (χ0n) is 29.0. The summed E-state index contributed by atoms with van der Waals surface area (Å²) in [5, 5.41) is 0. The van der Waals surface area contributed by atoms with Gasteiger partial charge in [-0.3, -0.25) is 4.79 Å². The molecule has 1 atom stereocenters. The summed E-state index contributed by atoms with van der Waals surface area (Å²) in [6.45, 7) is 11.2. The van der Waals surface area contributed by atoms with Crippen molar-refractivity contribution in [2.24, 2.45) is 5.92 Å². The zero-order valence-corrected chi connectivity index (χ0v) is 31.5. The number of anilines is 1. The van der Waals surface area contributed by atoms with Crippen molar-refractivity contribution in [3.63, 3.8) is 0 Å². The van der Waals surface area contributed by atoms with E-state index in [1.165, 1.54) is 5.56 Å². The Morgan fingerprint density at radius 1 is 0.792 bits per heavy atom. The van der Waals surface area contributed by atoms with Crippen LogP contribution in [0.2, 0.25) is 0 Å². The fourth-order valence-corrected chi connectivity index (χ4v) is 8.11. The van der Waals surface area contributed by atoms with Gasteiger partial charge in [0, 0.05) is 50.2 Å². The number of para-hydroxylation sites is 2. The van der Waals surface area contributed by atoms with Gasteiger partial charge in [0.2, 0.25) is 11.7 Å². The molecule has 1 saturated heterocycles. The lowest BCUT2D eigenvalue weighted by molar-refractivity contribution is -0.122. The number of carbonyl (C=O) groups excluding carboxylic acids is 1. The minimum atomic E-state index is -0.745. The number of carbonyl (C=O) groups is 1. The van der Waals surface area contributed by atoms with Gasteiger partial charge in [-0.2, -0.15) is 0 Å². The number of methoxy groups -OCH3 is 3. The van der Waals surface area contributed by atoms with Crippen molar-refractivity contribution in [2.75, 3.05) is 79.2 Å². The molecule has 1 fully saturated rings. The molecular weight excluding hydrogens is 669 g/mol. The van der Waals surface area contributed by atoms with Gasteiger partial charge >= 0.3 is 0 Å². The predicted octanol–water partition coefficient (Wildman–Crippen LogP) is 7.20. The highest BCUT2D eigenvalue weighted by molar-refractivity contribution is 8.01. The van der Waals surface area contributed by atoms with Crippen molar-refractivity contribution >= 4 is 48.2 Å². The van der Waals surface area contributed by atoms with Crippen LogP contribution in [0.4, 0.5) is 5.69 Å². The number of likely N-dealkylation sites (N-methyl/N-ethyl adjacent to an activating group) is 1. The van der Waals surface area contributed by atoms with Gasteiger partial charge < -0.3 is 33.6 Å². The normalized spacial score (nSPS) is 18.1. The third-order valence-electron chi connectivity index (χ3n) is 9.25. The summed E-state index contributed by atoms with van der Waals surface area (Å²) in [5.41, 5.74) is 3.11. The molecule has 0 aromatic heterocycles. The third kappa shape index (κ3) is 8.48. The molecule has 2 aliphatic heterocycles. The molecule has 1 amide bonds. The number of piperazine rings is 1. The molecule has 0 bridgehead atoms. The molecule has 0 spiro atoms. The number of nitrogens with zero attached hydrogens (tertiary/aromatic N) is 3. The van der Waals surface area contributed by atoms with E-state index in [1.54, 1.807) is 33.1 Å². The lowest BCUT2D eigenvalue weighted by Gasteiger charge is -2.44. The first-order valence-corrected chi connectivity index (χ1v) is 17.2. The molecule has 1 unspecified atom stereocenters. The number of unbranched alkanes of at least 4 members (excludes halogenated alkanes) is 1. The maximum Gasteiger partial charge on any atom is 0.248 e. The van der Waals surface area contributed by atoms with E-state index in [-0.39, 0.29) is 36.6 Å². The SMILES string of the molecule is COc1cc(CCN2CCN(CCCCOc3ccccc3C3(C(C)C)Sc4ccccc4N(C)C3=O)CC2)cc(OC)c1OC.Cl.Cl. The second-order valence-electron chi connectivity index (χ2n) is 12.3. The van der Waals surface area contributed by atoms with Crippen LogP contribution in [0.1, 0.15) is 37.8 Å². The maximum absolute atomic E-state index is 14.0. The highest BCUT2D eigenvalue weighted by Gasteiger charge is 2.51. The molecule has 11 heteroatoms. The minimum absolute atomic E-state index is 0. The van der Waals surface area contributed by atoms with Crippen LogP contribution in [-0.2, 0) is 16.0 Å². The van der Waals surface area contributed by atoms with Gasteiger partial charge in [0.15, 0.2) is 11.5 Å². The van der Waals surface area contributed by atoms with E-state index in [4.69, 9.17) is 18.9 Å². The molecule has 264 valence electrons. The van der Waals surface area contributed by atoms with E-state index in [2.05, 4.69) is 35.8 Å². The first-order valence-electron chi connectivity index (χ1n) is 16.3. The number of benzene rings is 3. The number of hydrogen-bond acceptors (Lipinski definition) is 8. The van der Waals surface area contributed by atoms with Gasteiger partial charge in [0.05, 0.1) is 33.6 Å². The first-order chi connectivity index (χ1) is 22.3. The average molecular weight is 721 g/mol. The quantitative estimate of drug-likeness (QED) is 0.162. The van der Waals surface area contributed by atoms with Crippen LogP contribution in [0.15, 0.2) is 65.6 Å². The van der Waals surface area contributed by atoms with Crippen molar-refractivity contribution in [3.8, 4) is 23.0 Å². The number of ether oxygens (including phenoxy) is 4. The Bertz CT molecular complexity index is 1460. The largest absolute Gasteiger partial charge is 0.493 e. The number of rotatable bonds is 14. The summed E-state index contributed by atoms with van der Waals surface area (Å²) in [6.07, 6.45) is 2.97. The average Bonchev–Trinajstić information content (AvgIpc) is 3.08. The van der Waals surface area contributed by atoms with Crippen LogP contribution < -0.4 is 23.8 Å². The summed E-state index contributed by atoms with van der Waals surface area (Å²) < 4.78 is 22.2. The number of thioether (sulfide) groups is 1. The lowest BCUT2D eigenvalue weighted by Crippen LogP contribution is -2.49. The Labute approximate surface area is 303 Å². The monoisotopic (exact) mass is 719 g/mol. The molecule has 2 heterocycles. The Morgan fingerprint density at radius 3 is 2.02 bits per heavy atom. The van der Waals surface area contributed by atoms with Gasteiger partial charge in [-0.25, -0.2) is 0 Å². The summed E-state index contributed by atoms with van der Waals surface area (Å²) in [6, 6.07) is 20.4. The van der Waals surface area contributed by atoms with E-state index in [0.717, 1.165) is 80.4 Å². The molecule has 48 heavy (non-hydrogen) atoms. The van der Waals surface area contributed by atoms with Crippen molar-refractivity contribution in [1.29, 1.82) is 0 Å². The highest BCUT2D eigenvalue weighted by Crippen LogP contribution is 2.56. The van der Waals surface area contributed by atoms with Crippen molar-refractivity contribution in [2.45, 2.75) is 42.8 Å². The van der Waals surface area contributed by atoms with E-state index in [9.17, 15) is 4.79 Å². The van der Waals surface area contributed by atoms with Gasteiger partial charge in [0.1, 0.15) is 10.5 Å². The molecular formula is C37H51Cl2N3O5S. The molecule has 0 radical (unpaired) electrons. The van der Waals surface area contributed by atoms with Crippen LogP contribution in [0, 0.1) is 5.92 Å². The number of hydrogen-bond donors (Lipinski definition) is 0. The maximum atomic E-state index is 14.0. The van der Waals surface area contributed by atoms with Gasteiger partial charge in [0.25, 0.3) is 0 Å². The van der Waals surface area contributed by atoms with E-state index in [0.29, 0.717) is 23.9 Å². The molecule has 0 N–H and O–H groups in total. The molecule has 0 aliphatic carbocycles. The molecule has 0 saturated carbocycles. The van der Waals surface area contributed by atoms with Crippen LogP contribution in [-0.4, -0.2) is 90.0 Å². The Balaban J connectivity index is 0.00000312. The molecule has 3 aromatic rings. The number of amides is 1. The zero-order chi connectivity index (χ0) is 32.7. The van der Waals surface area contributed by atoms with E-state index in [1.807, 2.05) is 60.5 Å². The van der Waals surface area contributed by atoms with Crippen LogP contribution in [0.3, 0.4) is 0 Å².